The van der Waals surface area contributed by atoms with Gasteiger partial charge in [-0.3, -0.25) is 4.40 Å². The number of hydrogen-bond acceptors (Lipinski definition) is 6. The van der Waals surface area contributed by atoms with E-state index in [0.717, 1.165) is 46.1 Å². The lowest BCUT2D eigenvalue weighted by atomic mass is 10.1. The molecule has 0 saturated carbocycles. The molecule has 5 aromatic rings. The van der Waals surface area contributed by atoms with Gasteiger partial charge in [-0.1, -0.05) is 12.1 Å². The molecular weight excluding hydrogens is 455 g/mol. The summed E-state index contributed by atoms with van der Waals surface area (Å²) in [4.78, 5) is 16.3. The van der Waals surface area contributed by atoms with E-state index in [-0.39, 0.29) is 5.82 Å². The maximum absolute atomic E-state index is 13.7. The molecule has 0 fully saturated rings. The van der Waals surface area contributed by atoms with E-state index in [1.165, 1.54) is 12.1 Å². The number of para-hydroxylation sites is 2. The summed E-state index contributed by atoms with van der Waals surface area (Å²) < 4.78 is 21.4. The molecule has 36 heavy (non-hydrogen) atoms. The molecule has 0 amide bonds. The average molecular weight is 483 g/mol. The molecule has 0 aliphatic carbocycles. The van der Waals surface area contributed by atoms with Crippen LogP contribution in [0, 0.1) is 5.82 Å². The summed E-state index contributed by atoms with van der Waals surface area (Å²) in [7, 11) is 4.06. The molecule has 8 heteroatoms. The van der Waals surface area contributed by atoms with Gasteiger partial charge in [-0.2, -0.15) is 0 Å². The zero-order chi connectivity index (χ0) is 25.1. The van der Waals surface area contributed by atoms with Crippen LogP contribution in [0.4, 0.5) is 16.0 Å². The minimum Gasteiger partial charge on any atom is -0.492 e. The molecule has 0 atom stereocenters. The lowest BCUT2D eigenvalue weighted by Gasteiger charge is -2.12. The van der Waals surface area contributed by atoms with Gasteiger partial charge in [0.1, 0.15) is 17.2 Å². The molecule has 3 heterocycles. The second-order valence-corrected chi connectivity index (χ2v) is 8.64. The zero-order valence-electron chi connectivity index (χ0n) is 20.4. The molecule has 1 N–H and O–H groups in total. The highest BCUT2D eigenvalue weighted by Crippen LogP contribution is 2.33. The summed E-state index contributed by atoms with van der Waals surface area (Å²) in [5, 5.41) is 3.27. The number of imidazole rings is 1. The predicted octanol–water partition coefficient (Wildman–Crippen LogP) is 5.80. The molecular formula is C28H27FN6O. The maximum atomic E-state index is 13.7. The van der Waals surface area contributed by atoms with Crippen molar-refractivity contribution in [3.8, 4) is 28.4 Å². The van der Waals surface area contributed by atoms with Crippen molar-refractivity contribution in [2.75, 3.05) is 26.0 Å². The van der Waals surface area contributed by atoms with E-state index in [9.17, 15) is 4.39 Å². The Balaban J connectivity index is 1.62. The normalized spacial score (nSPS) is 11.2. The molecule has 2 aromatic carbocycles. The molecule has 182 valence electrons. The highest BCUT2D eigenvalue weighted by molar-refractivity contribution is 5.81. The van der Waals surface area contributed by atoms with E-state index in [4.69, 9.17) is 14.7 Å². The number of nitrogens with zero attached hydrogens (tertiary/aromatic N) is 5. The highest BCUT2D eigenvalue weighted by Gasteiger charge is 2.19. The predicted molar refractivity (Wildman–Crippen MR) is 140 cm³/mol. The van der Waals surface area contributed by atoms with Crippen molar-refractivity contribution in [3.63, 3.8) is 0 Å². The minimum atomic E-state index is -0.293. The van der Waals surface area contributed by atoms with E-state index in [2.05, 4.69) is 27.3 Å². The monoisotopic (exact) mass is 482 g/mol. The van der Waals surface area contributed by atoms with Gasteiger partial charge in [0.05, 0.1) is 29.4 Å². The fourth-order valence-corrected chi connectivity index (χ4v) is 4.13. The standard InChI is InChI=1S/C28H27FN6O/c1-4-36-24-8-6-5-7-22(24)31-28-30-15-13-23(32-28)27-26(20-9-11-21(29)12-10-20)33-25-17-19(18-34(2)3)14-16-35(25)27/h5-17H,4,18H2,1-3H3,(H,30,31,32). The van der Waals surface area contributed by atoms with Crippen LogP contribution in [0.2, 0.25) is 0 Å². The molecule has 3 aromatic heterocycles. The van der Waals surface area contributed by atoms with Crippen LogP contribution in [0.5, 0.6) is 5.75 Å². The highest BCUT2D eigenvalue weighted by atomic mass is 19.1. The first-order valence-corrected chi connectivity index (χ1v) is 11.8. The van der Waals surface area contributed by atoms with Crippen LogP contribution in [0.15, 0.2) is 79.1 Å². The molecule has 7 nitrogen and oxygen atoms in total. The first-order valence-electron chi connectivity index (χ1n) is 11.8. The van der Waals surface area contributed by atoms with Gasteiger partial charge in [0, 0.05) is 24.5 Å². The third-order valence-electron chi connectivity index (χ3n) is 5.64. The van der Waals surface area contributed by atoms with Gasteiger partial charge in [0.2, 0.25) is 5.95 Å². The second-order valence-electron chi connectivity index (χ2n) is 8.64. The quantitative estimate of drug-likeness (QED) is 0.301. The van der Waals surface area contributed by atoms with E-state index < -0.39 is 0 Å². The first kappa shape index (κ1) is 23.4. The summed E-state index contributed by atoms with van der Waals surface area (Å²) in [6.45, 7) is 3.29. The number of pyridine rings is 1. The Labute approximate surface area is 209 Å². The smallest absolute Gasteiger partial charge is 0.227 e. The molecule has 5 rings (SSSR count). The summed E-state index contributed by atoms with van der Waals surface area (Å²) in [6.07, 6.45) is 3.71. The molecule has 0 unspecified atom stereocenters. The van der Waals surface area contributed by atoms with E-state index in [1.54, 1.807) is 18.3 Å². The summed E-state index contributed by atoms with van der Waals surface area (Å²) in [5.74, 6) is 0.868. The second kappa shape index (κ2) is 10.1. The third kappa shape index (κ3) is 4.89. The van der Waals surface area contributed by atoms with Crippen LogP contribution in [0.25, 0.3) is 28.3 Å². The van der Waals surface area contributed by atoms with Crippen LogP contribution in [0.3, 0.4) is 0 Å². The number of rotatable bonds is 8. The number of hydrogen-bond donors (Lipinski definition) is 1. The third-order valence-corrected chi connectivity index (χ3v) is 5.64. The maximum Gasteiger partial charge on any atom is 0.227 e. The Bertz CT molecular complexity index is 1500. The van der Waals surface area contributed by atoms with Crippen LogP contribution >= 0.6 is 0 Å². The molecule has 0 bridgehead atoms. The Morgan fingerprint density at radius 2 is 1.81 bits per heavy atom. The van der Waals surface area contributed by atoms with Gasteiger partial charge < -0.3 is 15.0 Å². The van der Waals surface area contributed by atoms with Crippen LogP contribution in [-0.2, 0) is 6.54 Å². The SMILES string of the molecule is CCOc1ccccc1Nc1nccc(-c2c(-c3ccc(F)cc3)nc3cc(CN(C)C)ccn23)n1. The summed E-state index contributed by atoms with van der Waals surface area (Å²) in [5.41, 5.74) is 5.73. The average Bonchev–Trinajstić information content (AvgIpc) is 3.24. The van der Waals surface area contributed by atoms with Crippen molar-refractivity contribution in [2.45, 2.75) is 13.5 Å². The van der Waals surface area contributed by atoms with E-state index in [0.29, 0.717) is 18.2 Å². The molecule has 0 spiro atoms. The lowest BCUT2D eigenvalue weighted by Crippen LogP contribution is -2.10. The Morgan fingerprint density at radius 1 is 1.00 bits per heavy atom. The van der Waals surface area contributed by atoms with E-state index in [1.807, 2.05) is 61.9 Å². The molecule has 0 saturated heterocycles. The van der Waals surface area contributed by atoms with Gasteiger partial charge in [0.15, 0.2) is 0 Å². The summed E-state index contributed by atoms with van der Waals surface area (Å²) in [6, 6.07) is 20.0. The van der Waals surface area contributed by atoms with Crippen molar-refractivity contribution >= 4 is 17.3 Å². The van der Waals surface area contributed by atoms with Crippen LogP contribution < -0.4 is 10.1 Å². The van der Waals surface area contributed by atoms with Crippen LogP contribution in [-0.4, -0.2) is 45.0 Å². The van der Waals surface area contributed by atoms with Crippen molar-refractivity contribution in [1.29, 1.82) is 0 Å². The lowest BCUT2D eigenvalue weighted by molar-refractivity contribution is 0.342. The van der Waals surface area contributed by atoms with Crippen LogP contribution in [0.1, 0.15) is 12.5 Å². The Morgan fingerprint density at radius 3 is 2.58 bits per heavy atom. The van der Waals surface area contributed by atoms with Gasteiger partial charge >= 0.3 is 0 Å². The summed E-state index contributed by atoms with van der Waals surface area (Å²) >= 11 is 0. The molecule has 0 radical (unpaired) electrons. The number of nitrogens with one attached hydrogen (secondary N) is 1. The number of benzene rings is 2. The first-order chi connectivity index (χ1) is 17.5. The van der Waals surface area contributed by atoms with Gasteiger partial charge in [0.25, 0.3) is 0 Å². The Hall–Kier alpha value is -4.30. The minimum absolute atomic E-state index is 0.293. The zero-order valence-corrected chi connectivity index (χ0v) is 20.4. The van der Waals surface area contributed by atoms with Crippen molar-refractivity contribution in [2.24, 2.45) is 0 Å². The van der Waals surface area contributed by atoms with Crippen molar-refractivity contribution in [3.05, 3.63) is 90.5 Å². The van der Waals surface area contributed by atoms with Gasteiger partial charge in [-0.15, -0.1) is 0 Å². The number of ether oxygens (including phenoxy) is 1. The number of aromatic nitrogens is 4. The fourth-order valence-electron chi connectivity index (χ4n) is 4.13. The number of anilines is 2. The fraction of sp³-hybridized carbons (Fsp3) is 0.179. The van der Waals surface area contributed by atoms with Crippen molar-refractivity contribution in [1.82, 2.24) is 24.3 Å². The molecule has 0 aliphatic rings. The topological polar surface area (TPSA) is 67.6 Å². The number of halogens is 1. The molecule has 0 aliphatic heterocycles. The van der Waals surface area contributed by atoms with E-state index >= 15 is 0 Å². The van der Waals surface area contributed by atoms with Crippen molar-refractivity contribution < 1.29 is 9.13 Å². The largest absolute Gasteiger partial charge is 0.492 e. The van der Waals surface area contributed by atoms with Gasteiger partial charge in [-0.25, -0.2) is 19.3 Å². The number of fused-ring (bicyclic) bond motifs is 1. The Kier molecular flexibility index (Phi) is 6.60. The van der Waals surface area contributed by atoms with Gasteiger partial charge in [-0.05, 0) is 81.2 Å².